The molecule has 4 bridgehead atoms. The van der Waals surface area contributed by atoms with Crippen LogP contribution in [0.2, 0.25) is 10.0 Å². The molecule has 6 aromatic rings. The molecule has 4 aromatic heterocycles. The third kappa shape index (κ3) is 7.49. The summed E-state index contributed by atoms with van der Waals surface area (Å²) in [5, 5.41) is 9.91. The van der Waals surface area contributed by atoms with Crippen LogP contribution in [0, 0.1) is 35.3 Å². The molecule has 0 spiro atoms. The maximum absolute atomic E-state index is 14.9. The molecule has 4 aliphatic carbocycles. The van der Waals surface area contributed by atoms with E-state index < -0.39 is 36.2 Å². The summed E-state index contributed by atoms with van der Waals surface area (Å²) in [6.07, 6.45) is 9.67. The highest BCUT2D eigenvalue weighted by Gasteiger charge is 2.45. The molecular formula is C46H42Cl2F4N8O4. The fourth-order valence-corrected chi connectivity index (χ4v) is 11.2. The molecule has 64 heavy (non-hydrogen) atoms. The third-order valence-electron chi connectivity index (χ3n) is 14.0. The molecule has 6 heterocycles. The van der Waals surface area contributed by atoms with Gasteiger partial charge in [-0.3, -0.25) is 9.59 Å². The van der Waals surface area contributed by atoms with Crippen LogP contribution in [0.4, 0.5) is 17.6 Å². The number of benzene rings is 2. The number of halogens is 6. The summed E-state index contributed by atoms with van der Waals surface area (Å²) in [6, 6.07) is 7.67. The number of alkyl halides is 2. The van der Waals surface area contributed by atoms with Crippen LogP contribution >= 0.6 is 23.2 Å². The second kappa shape index (κ2) is 16.2. The molecule has 4 saturated carbocycles. The zero-order valence-corrected chi connectivity index (χ0v) is 35.9. The first-order valence-corrected chi connectivity index (χ1v) is 22.5. The van der Waals surface area contributed by atoms with Crippen molar-refractivity contribution in [1.82, 2.24) is 39.0 Å². The van der Waals surface area contributed by atoms with Crippen LogP contribution in [-0.2, 0) is 26.2 Å². The van der Waals surface area contributed by atoms with Crippen LogP contribution in [0.25, 0.3) is 11.3 Å². The Bertz CT molecular complexity index is 2650. The van der Waals surface area contributed by atoms with E-state index in [1.165, 1.54) is 36.4 Å². The van der Waals surface area contributed by atoms with Gasteiger partial charge in [-0.15, -0.1) is 0 Å². The van der Waals surface area contributed by atoms with Gasteiger partial charge in [0.25, 0.3) is 11.8 Å². The summed E-state index contributed by atoms with van der Waals surface area (Å²) < 4.78 is 73.1. The summed E-state index contributed by atoms with van der Waals surface area (Å²) in [6.45, 7) is 1.24. The minimum Gasteiger partial charge on any atom is -0.486 e. The average Bonchev–Trinajstić information content (AvgIpc) is 4.13. The van der Waals surface area contributed by atoms with Crippen molar-refractivity contribution in [3.8, 4) is 11.5 Å². The first-order chi connectivity index (χ1) is 30.9. The van der Waals surface area contributed by atoms with Crippen molar-refractivity contribution in [3.05, 3.63) is 117 Å². The summed E-state index contributed by atoms with van der Waals surface area (Å²) >= 11 is 12.0. The van der Waals surface area contributed by atoms with Gasteiger partial charge in [-0.1, -0.05) is 23.2 Å². The SMILES string of the molecule is O=C(c1ccc(F)cc1O[C@H]1CC2CCC(C2)[C@@H]1F)N1Cc2nn3cc(Cl)cnc3c2C1.O=C(c1ccc(F)cc1O[C@H]1CC2CCC(C2)[C@H]1F)N1Cc2nn3cc(Cl)cnc3c2C1. The Morgan fingerprint density at radius 1 is 0.609 bits per heavy atom. The van der Waals surface area contributed by atoms with Crippen molar-refractivity contribution in [2.24, 2.45) is 23.7 Å². The summed E-state index contributed by atoms with van der Waals surface area (Å²) in [5.41, 5.74) is 4.95. The second-order valence-corrected chi connectivity index (χ2v) is 19.0. The number of aromatic nitrogens is 6. The van der Waals surface area contributed by atoms with Crippen LogP contribution in [0.3, 0.4) is 0 Å². The minimum absolute atomic E-state index is 0.00241. The molecule has 8 atom stereocenters. The van der Waals surface area contributed by atoms with E-state index in [0.717, 1.165) is 61.0 Å². The molecule has 332 valence electrons. The fraction of sp³-hybridized carbons (Fsp3) is 0.435. The number of carbonyl (C=O) groups is 2. The summed E-state index contributed by atoms with van der Waals surface area (Å²) in [4.78, 5) is 38.6. The Balaban J connectivity index is 0.000000143. The Kier molecular flexibility index (Phi) is 10.4. The molecule has 0 radical (unpaired) electrons. The molecule has 2 aromatic carbocycles. The lowest BCUT2D eigenvalue weighted by Gasteiger charge is -2.32. The molecule has 18 heteroatoms. The van der Waals surface area contributed by atoms with Crippen LogP contribution in [0.1, 0.15) is 94.6 Å². The molecule has 12 rings (SSSR count). The van der Waals surface area contributed by atoms with Crippen molar-refractivity contribution in [2.45, 2.75) is 102 Å². The van der Waals surface area contributed by atoms with Gasteiger partial charge in [-0.05, 0) is 99.3 Å². The fourth-order valence-electron chi connectivity index (χ4n) is 10.9. The van der Waals surface area contributed by atoms with E-state index >= 15 is 0 Å². The summed E-state index contributed by atoms with van der Waals surface area (Å²) in [7, 11) is 0. The lowest BCUT2D eigenvalue weighted by Crippen LogP contribution is -2.38. The number of amides is 2. The lowest BCUT2D eigenvalue weighted by atomic mass is 9.85. The second-order valence-electron chi connectivity index (χ2n) is 18.1. The molecule has 4 unspecified atom stereocenters. The summed E-state index contributed by atoms with van der Waals surface area (Å²) in [5.74, 6) is -0.566. The van der Waals surface area contributed by atoms with Gasteiger partial charge < -0.3 is 19.3 Å². The van der Waals surface area contributed by atoms with Crippen molar-refractivity contribution in [3.63, 3.8) is 0 Å². The quantitative estimate of drug-likeness (QED) is 0.152. The van der Waals surface area contributed by atoms with E-state index in [-0.39, 0.29) is 46.3 Å². The monoisotopic (exact) mass is 916 g/mol. The number of carbonyl (C=O) groups excluding carboxylic acids is 2. The van der Waals surface area contributed by atoms with Gasteiger partial charge in [-0.25, -0.2) is 36.6 Å². The zero-order valence-electron chi connectivity index (χ0n) is 34.4. The highest BCUT2D eigenvalue weighted by Crippen LogP contribution is 2.46. The maximum atomic E-state index is 14.9. The minimum atomic E-state index is -1.09. The Labute approximate surface area is 374 Å². The standard InChI is InChI=1S/2C23H21ClF2N4O2/c2*24-14-8-27-22-17-10-29(11-18(17)28-30(22)9-14)23(31)16-4-3-15(25)7-19(16)32-20-6-12-1-2-13(5-12)21(20)26/h2*3-4,7-9,12-13,20-21H,1-2,5-6,10-11H2/t12?,13?,20-,21+;12?,13?,20-,21-/m00/s1. The molecule has 6 aliphatic rings. The molecule has 0 N–H and O–H groups in total. The van der Waals surface area contributed by atoms with E-state index in [1.54, 1.807) is 43.6 Å². The van der Waals surface area contributed by atoms with Gasteiger partial charge in [0.05, 0.1) is 71.1 Å². The van der Waals surface area contributed by atoms with E-state index in [2.05, 4.69) is 20.2 Å². The molecule has 4 fully saturated rings. The van der Waals surface area contributed by atoms with Crippen LogP contribution in [-0.4, -0.2) is 75.4 Å². The Morgan fingerprint density at radius 3 is 1.48 bits per heavy atom. The average molecular weight is 918 g/mol. The van der Waals surface area contributed by atoms with Gasteiger partial charge in [0.1, 0.15) is 47.7 Å². The van der Waals surface area contributed by atoms with Crippen LogP contribution in [0.15, 0.2) is 61.2 Å². The van der Waals surface area contributed by atoms with Gasteiger partial charge in [0.15, 0.2) is 11.3 Å². The number of hydrogen-bond donors (Lipinski definition) is 0. The number of ether oxygens (including phenoxy) is 2. The van der Waals surface area contributed by atoms with E-state index in [0.29, 0.717) is 72.2 Å². The van der Waals surface area contributed by atoms with Crippen molar-refractivity contribution < 1.29 is 36.6 Å². The van der Waals surface area contributed by atoms with E-state index in [1.807, 2.05) is 0 Å². The van der Waals surface area contributed by atoms with Crippen molar-refractivity contribution in [1.29, 1.82) is 0 Å². The normalized spacial score (nSPS) is 26.5. The lowest BCUT2D eigenvalue weighted by molar-refractivity contribution is 0.0244. The van der Waals surface area contributed by atoms with Crippen LogP contribution in [0.5, 0.6) is 11.5 Å². The zero-order chi connectivity index (χ0) is 44.0. The van der Waals surface area contributed by atoms with Gasteiger partial charge >= 0.3 is 0 Å². The third-order valence-corrected chi connectivity index (χ3v) is 14.4. The van der Waals surface area contributed by atoms with Crippen LogP contribution < -0.4 is 9.47 Å². The van der Waals surface area contributed by atoms with Gasteiger partial charge in [-0.2, -0.15) is 10.2 Å². The topological polar surface area (TPSA) is 119 Å². The predicted octanol–water partition coefficient (Wildman–Crippen LogP) is 9.17. The Morgan fingerprint density at radius 2 is 1.05 bits per heavy atom. The molecule has 2 aliphatic heterocycles. The van der Waals surface area contributed by atoms with Crippen molar-refractivity contribution >= 4 is 46.3 Å². The first-order valence-electron chi connectivity index (χ1n) is 21.7. The number of hydrogen-bond acceptors (Lipinski definition) is 8. The highest BCUT2D eigenvalue weighted by atomic mass is 35.5. The number of rotatable bonds is 6. The molecule has 0 saturated heterocycles. The smallest absolute Gasteiger partial charge is 0.258 e. The van der Waals surface area contributed by atoms with Crippen molar-refractivity contribution in [2.75, 3.05) is 0 Å². The molecule has 12 nitrogen and oxygen atoms in total. The molecular weight excluding hydrogens is 875 g/mol. The maximum Gasteiger partial charge on any atom is 0.258 e. The van der Waals surface area contributed by atoms with Gasteiger partial charge in [0, 0.05) is 35.7 Å². The number of nitrogens with zero attached hydrogens (tertiary/aromatic N) is 8. The van der Waals surface area contributed by atoms with E-state index in [9.17, 15) is 27.2 Å². The largest absolute Gasteiger partial charge is 0.486 e. The number of fused-ring (bicyclic) bond motifs is 10. The predicted molar refractivity (Wildman–Crippen MR) is 225 cm³/mol. The Hall–Kier alpha value is -5.48. The molecule has 2 amide bonds. The first kappa shape index (κ1) is 41.2. The highest BCUT2D eigenvalue weighted by molar-refractivity contribution is 6.30. The van der Waals surface area contributed by atoms with Gasteiger partial charge in [0.2, 0.25) is 0 Å². The van der Waals surface area contributed by atoms with E-state index in [4.69, 9.17) is 32.7 Å².